The summed E-state index contributed by atoms with van der Waals surface area (Å²) in [6, 6.07) is 9.39. The van der Waals surface area contributed by atoms with Gasteiger partial charge in [-0.3, -0.25) is 4.79 Å². The molecule has 1 saturated heterocycles. The highest BCUT2D eigenvalue weighted by Gasteiger charge is 2.30. The largest absolute Gasteiger partial charge is 0.477 e. The smallest absolute Gasteiger partial charge is 0.345 e. The second kappa shape index (κ2) is 9.09. The maximum absolute atomic E-state index is 12.3. The molecule has 144 valence electrons. The first kappa shape index (κ1) is 20.2. The van der Waals surface area contributed by atoms with Crippen LogP contribution in [0.5, 0.6) is 0 Å². The summed E-state index contributed by atoms with van der Waals surface area (Å²) in [5, 5.41) is 10.1. The van der Waals surface area contributed by atoms with Crippen LogP contribution in [0.1, 0.15) is 45.8 Å². The quantitative estimate of drug-likeness (QED) is 0.623. The third-order valence-corrected chi connectivity index (χ3v) is 6.78. The van der Waals surface area contributed by atoms with E-state index in [9.17, 15) is 9.59 Å². The third-order valence-electron chi connectivity index (χ3n) is 4.91. The molecule has 1 amide bonds. The van der Waals surface area contributed by atoms with Crippen LogP contribution in [0.15, 0.2) is 30.3 Å². The predicted octanol–water partition coefficient (Wildman–Crippen LogP) is 5.31. The van der Waals surface area contributed by atoms with E-state index in [1.54, 1.807) is 12.1 Å². The zero-order valence-electron chi connectivity index (χ0n) is 14.8. The summed E-state index contributed by atoms with van der Waals surface area (Å²) in [6.07, 6.45) is 4.99. The van der Waals surface area contributed by atoms with E-state index < -0.39 is 5.97 Å². The van der Waals surface area contributed by atoms with Crippen molar-refractivity contribution >= 4 is 46.4 Å². The fraction of sp³-hybridized carbons (Fsp3) is 0.400. The van der Waals surface area contributed by atoms with E-state index >= 15 is 0 Å². The van der Waals surface area contributed by atoms with E-state index in [-0.39, 0.29) is 11.9 Å². The van der Waals surface area contributed by atoms with Crippen molar-refractivity contribution in [3.05, 3.63) is 55.7 Å². The number of thiophene rings is 1. The molecule has 1 aliphatic heterocycles. The Labute approximate surface area is 172 Å². The molecular formula is C20H21Cl2NO3S. The van der Waals surface area contributed by atoms with E-state index in [0.717, 1.165) is 42.5 Å². The highest BCUT2D eigenvalue weighted by Crippen LogP contribution is 2.27. The minimum atomic E-state index is -0.874. The molecule has 1 aromatic heterocycles. The first-order valence-corrected chi connectivity index (χ1v) is 10.6. The first-order valence-electron chi connectivity index (χ1n) is 8.99. The Balaban J connectivity index is 1.51. The van der Waals surface area contributed by atoms with Gasteiger partial charge in [-0.25, -0.2) is 4.79 Å². The van der Waals surface area contributed by atoms with Crippen LogP contribution in [0.3, 0.4) is 0 Å². The number of rotatable bonds is 8. The third kappa shape index (κ3) is 5.24. The molecule has 0 spiro atoms. The molecule has 1 N–H and O–H groups in total. The summed E-state index contributed by atoms with van der Waals surface area (Å²) in [5.41, 5.74) is 1.07. The van der Waals surface area contributed by atoms with Gasteiger partial charge in [0.05, 0.1) is 10.0 Å². The van der Waals surface area contributed by atoms with Crippen LogP contribution in [0.25, 0.3) is 0 Å². The topological polar surface area (TPSA) is 57.6 Å². The van der Waals surface area contributed by atoms with Gasteiger partial charge in [0, 0.05) is 23.9 Å². The Morgan fingerprint density at radius 3 is 2.70 bits per heavy atom. The monoisotopic (exact) mass is 425 g/mol. The SMILES string of the molecule is O=C(O)c1ccc(CCCC2CCC(=O)N2CCc2ccc(Cl)c(Cl)c2)s1. The second-order valence-electron chi connectivity index (χ2n) is 6.74. The van der Waals surface area contributed by atoms with Crippen molar-refractivity contribution < 1.29 is 14.7 Å². The van der Waals surface area contributed by atoms with Gasteiger partial charge in [0.1, 0.15) is 4.88 Å². The number of amides is 1. The summed E-state index contributed by atoms with van der Waals surface area (Å²) >= 11 is 13.4. The van der Waals surface area contributed by atoms with Crippen molar-refractivity contribution in [1.29, 1.82) is 0 Å². The van der Waals surface area contributed by atoms with Gasteiger partial charge in [-0.2, -0.15) is 0 Å². The van der Waals surface area contributed by atoms with E-state index in [4.69, 9.17) is 28.3 Å². The molecule has 1 fully saturated rings. The number of halogens is 2. The van der Waals surface area contributed by atoms with E-state index in [1.165, 1.54) is 11.3 Å². The number of carbonyl (C=O) groups excluding carboxylic acids is 1. The van der Waals surface area contributed by atoms with E-state index in [0.29, 0.717) is 27.9 Å². The number of carboxylic acids is 1. The average Bonchev–Trinajstić information content (AvgIpc) is 3.24. The summed E-state index contributed by atoms with van der Waals surface area (Å²) in [5.74, 6) is -0.662. The molecular weight excluding hydrogens is 405 g/mol. The minimum absolute atomic E-state index is 0.212. The van der Waals surface area contributed by atoms with Gasteiger partial charge in [-0.1, -0.05) is 29.3 Å². The molecule has 0 radical (unpaired) electrons. The van der Waals surface area contributed by atoms with Gasteiger partial charge in [0.25, 0.3) is 0 Å². The van der Waals surface area contributed by atoms with Crippen LogP contribution in [0.4, 0.5) is 0 Å². The lowest BCUT2D eigenvalue weighted by molar-refractivity contribution is -0.129. The maximum Gasteiger partial charge on any atom is 0.345 e. The molecule has 1 aliphatic rings. The number of likely N-dealkylation sites (tertiary alicyclic amines) is 1. The van der Waals surface area contributed by atoms with Crippen LogP contribution in [-0.2, 0) is 17.6 Å². The first-order chi connectivity index (χ1) is 12.9. The number of hydrogen-bond acceptors (Lipinski definition) is 3. The minimum Gasteiger partial charge on any atom is -0.477 e. The molecule has 2 heterocycles. The van der Waals surface area contributed by atoms with Crippen molar-refractivity contribution in [2.24, 2.45) is 0 Å². The van der Waals surface area contributed by atoms with Gasteiger partial charge >= 0.3 is 5.97 Å². The summed E-state index contributed by atoms with van der Waals surface area (Å²) in [4.78, 5) is 26.7. The van der Waals surface area contributed by atoms with Gasteiger partial charge in [0.2, 0.25) is 5.91 Å². The van der Waals surface area contributed by atoms with E-state index in [1.807, 2.05) is 23.1 Å². The standard InChI is InChI=1S/C20H21Cl2NO3S/c21-16-7-4-13(12-17(16)22)10-11-23-14(5-9-19(23)24)2-1-3-15-6-8-18(27-15)20(25)26/h4,6-8,12,14H,1-3,5,9-11H2,(H,25,26). The van der Waals surface area contributed by atoms with Crippen molar-refractivity contribution in [3.63, 3.8) is 0 Å². The molecule has 0 bridgehead atoms. The van der Waals surface area contributed by atoms with Crippen molar-refractivity contribution in [1.82, 2.24) is 4.90 Å². The lowest BCUT2D eigenvalue weighted by Gasteiger charge is -2.25. The zero-order chi connectivity index (χ0) is 19.4. The normalized spacial score (nSPS) is 16.9. The van der Waals surface area contributed by atoms with Crippen LogP contribution >= 0.6 is 34.5 Å². The summed E-state index contributed by atoms with van der Waals surface area (Å²) in [6.45, 7) is 0.684. The van der Waals surface area contributed by atoms with Gasteiger partial charge in [0.15, 0.2) is 0 Å². The van der Waals surface area contributed by atoms with Crippen LogP contribution in [-0.4, -0.2) is 34.5 Å². The number of aromatic carboxylic acids is 1. The number of carbonyl (C=O) groups is 2. The number of benzene rings is 1. The summed E-state index contributed by atoms with van der Waals surface area (Å²) in [7, 11) is 0. The number of carboxylic acid groups (broad SMARTS) is 1. The predicted molar refractivity (Wildman–Crippen MR) is 109 cm³/mol. The molecule has 4 nitrogen and oxygen atoms in total. The summed E-state index contributed by atoms with van der Waals surface area (Å²) < 4.78 is 0. The van der Waals surface area contributed by atoms with Crippen molar-refractivity contribution in [3.8, 4) is 0 Å². The van der Waals surface area contributed by atoms with Crippen molar-refractivity contribution in [2.45, 2.75) is 44.6 Å². The van der Waals surface area contributed by atoms with E-state index in [2.05, 4.69) is 0 Å². The molecule has 0 aliphatic carbocycles. The fourth-order valence-corrected chi connectivity index (χ4v) is 4.69. The molecule has 1 atom stereocenters. The molecule has 27 heavy (non-hydrogen) atoms. The average molecular weight is 426 g/mol. The maximum atomic E-state index is 12.3. The fourth-order valence-electron chi connectivity index (χ4n) is 3.48. The van der Waals surface area contributed by atoms with Crippen LogP contribution in [0.2, 0.25) is 10.0 Å². The van der Waals surface area contributed by atoms with Gasteiger partial charge < -0.3 is 10.0 Å². The van der Waals surface area contributed by atoms with Gasteiger partial charge in [-0.15, -0.1) is 11.3 Å². The number of aryl methyl sites for hydroxylation is 1. The molecule has 0 saturated carbocycles. The second-order valence-corrected chi connectivity index (χ2v) is 8.72. The molecule has 2 aromatic rings. The highest BCUT2D eigenvalue weighted by atomic mass is 35.5. The molecule has 1 unspecified atom stereocenters. The lowest BCUT2D eigenvalue weighted by atomic mass is 10.1. The van der Waals surface area contributed by atoms with Gasteiger partial charge in [-0.05, 0) is 61.9 Å². The molecule has 1 aromatic carbocycles. The number of hydrogen-bond donors (Lipinski definition) is 1. The van der Waals surface area contributed by atoms with Crippen LogP contribution < -0.4 is 0 Å². The highest BCUT2D eigenvalue weighted by molar-refractivity contribution is 7.13. The Kier molecular flexibility index (Phi) is 6.79. The Morgan fingerprint density at radius 1 is 1.19 bits per heavy atom. The van der Waals surface area contributed by atoms with Crippen LogP contribution in [0, 0.1) is 0 Å². The zero-order valence-corrected chi connectivity index (χ0v) is 17.1. The molecule has 7 heteroatoms. The van der Waals surface area contributed by atoms with Crippen molar-refractivity contribution in [2.75, 3.05) is 6.54 Å². The Morgan fingerprint density at radius 2 is 2.00 bits per heavy atom. The number of nitrogens with zero attached hydrogens (tertiary/aromatic N) is 1. The lowest BCUT2D eigenvalue weighted by Crippen LogP contribution is -2.34. The Hall–Kier alpha value is -1.56. The Bertz CT molecular complexity index is 836. The molecule has 3 rings (SSSR count).